The summed E-state index contributed by atoms with van der Waals surface area (Å²) in [7, 11) is -3.68. The number of carboxylic acids is 1. The van der Waals surface area contributed by atoms with Gasteiger partial charge >= 0.3 is 18.3 Å². The number of carbonyl (C=O) groups is 1. The van der Waals surface area contributed by atoms with Gasteiger partial charge in [-0.3, -0.25) is 4.79 Å². The smallest absolute Gasteiger partial charge is 0.420 e. The number of carboxylic acid groups (broad SMARTS) is 1. The van der Waals surface area contributed by atoms with E-state index in [9.17, 15) is 49.1 Å². The van der Waals surface area contributed by atoms with Crippen molar-refractivity contribution in [2.75, 3.05) is 25.1 Å². The number of anilines is 2. The summed E-state index contributed by atoms with van der Waals surface area (Å²) in [6.45, 7) is 1.15. The number of rotatable bonds is 7. The summed E-state index contributed by atoms with van der Waals surface area (Å²) in [5.74, 6) is -3.05. The molecule has 0 aliphatic carbocycles. The number of benzene rings is 2. The molecule has 0 saturated heterocycles. The first kappa shape index (κ1) is 30.5. The summed E-state index contributed by atoms with van der Waals surface area (Å²) in [4.78, 5) is 11.8. The number of ether oxygens (including phenoxy) is 1. The lowest BCUT2D eigenvalue weighted by Crippen LogP contribution is -2.41. The van der Waals surface area contributed by atoms with E-state index in [2.05, 4.69) is 0 Å². The molecule has 0 spiro atoms. The number of nitrogens with zero attached hydrogens (tertiary/aromatic N) is 2. The van der Waals surface area contributed by atoms with E-state index in [1.807, 2.05) is 0 Å². The van der Waals surface area contributed by atoms with Crippen molar-refractivity contribution in [1.82, 2.24) is 4.31 Å². The zero-order valence-electron chi connectivity index (χ0n) is 20.9. The summed E-state index contributed by atoms with van der Waals surface area (Å²) >= 11 is 0. The van der Waals surface area contributed by atoms with Crippen LogP contribution in [0.25, 0.3) is 0 Å². The molecule has 1 heterocycles. The molecule has 3 rings (SSSR count). The van der Waals surface area contributed by atoms with Gasteiger partial charge in [-0.15, -0.1) is 0 Å². The molecule has 0 aromatic heterocycles. The highest BCUT2D eigenvalue weighted by Gasteiger charge is 2.43. The largest absolute Gasteiger partial charge is 0.492 e. The van der Waals surface area contributed by atoms with Crippen LogP contribution in [0.3, 0.4) is 0 Å². The molecule has 0 radical (unpaired) electrons. The van der Waals surface area contributed by atoms with Crippen molar-refractivity contribution in [3.8, 4) is 5.75 Å². The van der Waals surface area contributed by atoms with E-state index in [1.165, 1.54) is 13.8 Å². The molecule has 15 heteroatoms. The molecular weight excluding hydrogens is 561 g/mol. The number of fused-ring (bicyclic) bond motifs is 1. The van der Waals surface area contributed by atoms with Gasteiger partial charge in [0.15, 0.2) is 0 Å². The van der Waals surface area contributed by atoms with Crippen LogP contribution < -0.4 is 9.64 Å². The van der Waals surface area contributed by atoms with Gasteiger partial charge < -0.3 is 14.7 Å². The van der Waals surface area contributed by atoms with Gasteiger partial charge in [-0.05, 0) is 50.6 Å². The number of sulfonamides is 1. The first-order valence-corrected chi connectivity index (χ1v) is 12.9. The molecule has 0 unspecified atom stereocenters. The maximum Gasteiger partial charge on any atom is 0.420 e. The zero-order valence-corrected chi connectivity index (χ0v) is 21.7. The highest BCUT2D eigenvalue weighted by molar-refractivity contribution is 7.89. The molecule has 1 N–H and O–H groups in total. The molecule has 0 fully saturated rings. The fourth-order valence-electron chi connectivity index (χ4n) is 3.87. The fourth-order valence-corrected chi connectivity index (χ4v) is 5.44. The molecule has 0 bridgehead atoms. The van der Waals surface area contributed by atoms with E-state index in [4.69, 9.17) is 4.74 Å². The van der Waals surface area contributed by atoms with Gasteiger partial charge in [0.25, 0.3) is 0 Å². The Kier molecular flexibility index (Phi) is 8.19. The lowest BCUT2D eigenvalue weighted by atomic mass is 9.95. The van der Waals surface area contributed by atoms with E-state index in [0.717, 1.165) is 36.2 Å². The summed E-state index contributed by atoms with van der Waals surface area (Å²) in [5, 5.41) is 9.29. The highest BCUT2D eigenvalue weighted by atomic mass is 32.2. The molecule has 1 aliphatic heterocycles. The predicted octanol–water partition coefficient (Wildman–Crippen LogP) is 5.82. The maximum absolute atomic E-state index is 14.1. The van der Waals surface area contributed by atoms with Crippen LogP contribution in [0.1, 0.15) is 32.3 Å². The molecule has 0 amide bonds. The minimum absolute atomic E-state index is 0.0361. The average Bonchev–Trinajstić information content (AvgIpc) is 2.88. The molecule has 2 aromatic carbocycles. The van der Waals surface area contributed by atoms with Gasteiger partial charge in [-0.25, -0.2) is 12.8 Å². The van der Waals surface area contributed by atoms with Gasteiger partial charge in [0, 0.05) is 37.8 Å². The number of alkyl halides is 6. The monoisotopic (exact) mass is 586 g/mol. The number of hydrogen-bond donors (Lipinski definition) is 1. The lowest BCUT2D eigenvalue weighted by molar-refractivity contribution is -0.148. The van der Waals surface area contributed by atoms with Gasteiger partial charge in [-0.1, -0.05) is 0 Å². The summed E-state index contributed by atoms with van der Waals surface area (Å²) in [6.07, 6.45) is -11.8. The van der Waals surface area contributed by atoms with E-state index in [0.29, 0.717) is 16.4 Å². The van der Waals surface area contributed by atoms with Crippen molar-refractivity contribution in [3.63, 3.8) is 0 Å². The summed E-state index contributed by atoms with van der Waals surface area (Å²) < 4.78 is 128. The molecule has 216 valence electrons. The lowest BCUT2D eigenvalue weighted by Gasteiger charge is -2.30. The Bertz CT molecular complexity index is 1330. The molecule has 0 saturated carbocycles. The summed E-state index contributed by atoms with van der Waals surface area (Å²) in [5.41, 5.74) is -3.55. The van der Waals surface area contributed by atoms with Gasteiger partial charge in [0.05, 0.1) is 16.7 Å². The number of aliphatic carboxylic acids is 1. The van der Waals surface area contributed by atoms with Crippen molar-refractivity contribution >= 4 is 27.4 Å². The standard InChI is InChI=1S/C24H25F7N2O5S/c1-22(2,21(34)35)13-38-19-11-20-18(10-17(19)24(29,30)31)33(15-6-4-14(25)5-7-15)12-16(8-9-23(26,27)28)32(3)39(20,36)37/h4-7,10-11,16H,8-9,12-13H2,1-3H3,(H,34,35)/t16-/m1/s1. The zero-order chi connectivity index (χ0) is 29.6. The third-order valence-electron chi connectivity index (χ3n) is 6.29. The van der Waals surface area contributed by atoms with Gasteiger partial charge in [0.1, 0.15) is 23.1 Å². The second-order valence-electron chi connectivity index (χ2n) is 9.71. The minimum atomic E-state index is -5.09. The van der Waals surface area contributed by atoms with Gasteiger partial charge in [-0.2, -0.15) is 30.6 Å². The Morgan fingerprint density at radius 2 is 1.67 bits per heavy atom. The second-order valence-corrected chi connectivity index (χ2v) is 11.7. The van der Waals surface area contributed by atoms with Crippen molar-refractivity contribution in [2.45, 2.75) is 50.0 Å². The van der Waals surface area contributed by atoms with E-state index in [1.54, 1.807) is 0 Å². The number of likely N-dealkylation sites (N-methyl/N-ethyl adjacent to an activating group) is 1. The van der Waals surface area contributed by atoms with E-state index < -0.39 is 93.5 Å². The second kappa shape index (κ2) is 10.5. The quantitative estimate of drug-likeness (QED) is 0.412. The molecule has 7 nitrogen and oxygen atoms in total. The SMILES string of the molecule is CN1[C@H](CCC(F)(F)F)CN(c2ccc(F)cc2)c2cc(C(F)(F)F)c(OCC(C)(C)C(=O)O)cc2S1(=O)=O. The number of hydrogen-bond acceptors (Lipinski definition) is 5. The Labute approximate surface area is 219 Å². The third-order valence-corrected chi connectivity index (χ3v) is 8.23. The minimum Gasteiger partial charge on any atom is -0.492 e. The Balaban J connectivity index is 2.26. The fraction of sp³-hybridized carbons (Fsp3) is 0.458. The Hall–Kier alpha value is -3.07. The molecule has 2 aromatic rings. The van der Waals surface area contributed by atoms with E-state index >= 15 is 0 Å². The molecular formula is C24H25F7N2O5S. The van der Waals surface area contributed by atoms with Crippen LogP contribution in [0.15, 0.2) is 41.3 Å². The van der Waals surface area contributed by atoms with Crippen molar-refractivity contribution in [3.05, 3.63) is 47.8 Å². The van der Waals surface area contributed by atoms with Crippen LogP contribution in [0.2, 0.25) is 0 Å². The third kappa shape index (κ3) is 6.75. The van der Waals surface area contributed by atoms with Crippen LogP contribution >= 0.6 is 0 Å². The number of halogens is 7. The van der Waals surface area contributed by atoms with Crippen molar-refractivity contribution in [1.29, 1.82) is 0 Å². The van der Waals surface area contributed by atoms with E-state index in [-0.39, 0.29) is 5.69 Å². The van der Waals surface area contributed by atoms with Crippen LogP contribution in [0, 0.1) is 11.2 Å². The van der Waals surface area contributed by atoms with Crippen molar-refractivity contribution < 1.29 is 53.8 Å². The highest BCUT2D eigenvalue weighted by Crippen LogP contribution is 2.46. The average molecular weight is 587 g/mol. The van der Waals surface area contributed by atoms with Crippen LogP contribution in [-0.2, 0) is 21.0 Å². The first-order chi connectivity index (χ1) is 17.7. The van der Waals surface area contributed by atoms with Crippen molar-refractivity contribution in [2.24, 2.45) is 5.41 Å². The predicted molar refractivity (Wildman–Crippen MR) is 126 cm³/mol. The Morgan fingerprint density at radius 3 is 2.18 bits per heavy atom. The molecule has 39 heavy (non-hydrogen) atoms. The van der Waals surface area contributed by atoms with Gasteiger partial charge in [0.2, 0.25) is 10.0 Å². The van der Waals surface area contributed by atoms with Crippen LogP contribution in [0.5, 0.6) is 5.75 Å². The normalized spacial score (nSPS) is 18.4. The molecule has 1 atom stereocenters. The first-order valence-electron chi connectivity index (χ1n) is 11.4. The summed E-state index contributed by atoms with van der Waals surface area (Å²) in [6, 6.07) is 4.00. The van der Waals surface area contributed by atoms with Crippen LogP contribution in [0.4, 0.5) is 42.1 Å². The topological polar surface area (TPSA) is 87.2 Å². The molecule has 1 aliphatic rings. The maximum atomic E-state index is 14.1. The Morgan fingerprint density at radius 1 is 1.08 bits per heavy atom. The van der Waals surface area contributed by atoms with Crippen LogP contribution in [-0.4, -0.2) is 56.2 Å².